The molecule has 0 radical (unpaired) electrons. The van der Waals surface area contributed by atoms with Crippen molar-refractivity contribution in [1.29, 1.82) is 0 Å². The highest BCUT2D eigenvalue weighted by molar-refractivity contribution is 5.94. The summed E-state index contributed by atoms with van der Waals surface area (Å²) in [6.07, 6.45) is 3.63. The number of nitrogens with one attached hydrogen (secondary N) is 1. The summed E-state index contributed by atoms with van der Waals surface area (Å²) in [5.74, 6) is 1.10. The zero-order valence-electron chi connectivity index (χ0n) is 12.9. The van der Waals surface area contributed by atoms with E-state index in [4.69, 9.17) is 4.74 Å². The summed E-state index contributed by atoms with van der Waals surface area (Å²) < 4.78 is 7.43. The third-order valence-electron chi connectivity index (χ3n) is 3.88. The summed E-state index contributed by atoms with van der Waals surface area (Å²) in [7, 11) is 0. The molecule has 3 aromatic rings. The molecular formula is C18H16N4O2. The summed E-state index contributed by atoms with van der Waals surface area (Å²) in [5.41, 5.74) is 1.96. The summed E-state index contributed by atoms with van der Waals surface area (Å²) in [6.45, 7) is 0.558. The lowest BCUT2D eigenvalue weighted by atomic mass is 10.1. The first-order chi connectivity index (χ1) is 11.8. The lowest BCUT2D eigenvalue weighted by molar-refractivity contribution is -0.122. The van der Waals surface area contributed by atoms with Crippen LogP contribution >= 0.6 is 0 Å². The summed E-state index contributed by atoms with van der Waals surface area (Å²) >= 11 is 0. The third kappa shape index (κ3) is 2.99. The Balaban J connectivity index is 1.39. The number of hydrogen-bond acceptors (Lipinski definition) is 4. The quantitative estimate of drug-likeness (QED) is 0.800. The van der Waals surface area contributed by atoms with E-state index in [0.717, 1.165) is 17.0 Å². The maximum absolute atomic E-state index is 12.4. The van der Waals surface area contributed by atoms with Gasteiger partial charge in [0.2, 0.25) is 0 Å². The molecule has 3 heterocycles. The Labute approximate surface area is 139 Å². The van der Waals surface area contributed by atoms with Gasteiger partial charge in [0.25, 0.3) is 5.91 Å². The molecule has 0 aliphatic carbocycles. The zero-order chi connectivity index (χ0) is 16.4. The number of carbonyl (C=O) groups excluding carboxylic acids is 1. The molecule has 24 heavy (non-hydrogen) atoms. The van der Waals surface area contributed by atoms with Gasteiger partial charge in [-0.3, -0.25) is 14.5 Å². The second-order valence-corrected chi connectivity index (χ2v) is 5.63. The van der Waals surface area contributed by atoms with E-state index in [0.29, 0.717) is 18.8 Å². The van der Waals surface area contributed by atoms with E-state index >= 15 is 0 Å². The average molecular weight is 320 g/mol. The molecule has 1 atom stereocenters. The minimum absolute atomic E-state index is 0.186. The molecule has 6 nitrogen and oxygen atoms in total. The molecule has 0 fully saturated rings. The van der Waals surface area contributed by atoms with Gasteiger partial charge in [0.1, 0.15) is 5.75 Å². The van der Waals surface area contributed by atoms with Crippen LogP contribution in [-0.4, -0.2) is 26.8 Å². The van der Waals surface area contributed by atoms with E-state index in [2.05, 4.69) is 15.4 Å². The Morgan fingerprint density at radius 1 is 1.21 bits per heavy atom. The Morgan fingerprint density at radius 2 is 2.08 bits per heavy atom. The van der Waals surface area contributed by atoms with Crippen molar-refractivity contribution in [2.75, 3.05) is 5.32 Å². The van der Waals surface area contributed by atoms with E-state index < -0.39 is 6.10 Å². The van der Waals surface area contributed by atoms with E-state index in [-0.39, 0.29) is 5.91 Å². The number of amides is 1. The Morgan fingerprint density at radius 3 is 2.92 bits per heavy atom. The third-order valence-corrected chi connectivity index (χ3v) is 3.88. The number of fused-ring (bicyclic) bond motifs is 1. The number of benzene rings is 1. The van der Waals surface area contributed by atoms with Crippen LogP contribution in [0, 0.1) is 0 Å². The van der Waals surface area contributed by atoms with Crippen LogP contribution in [0.15, 0.2) is 60.9 Å². The molecule has 4 rings (SSSR count). The first-order valence-electron chi connectivity index (χ1n) is 7.77. The Bertz CT molecular complexity index is 835. The predicted molar refractivity (Wildman–Crippen MR) is 88.8 cm³/mol. The molecule has 0 unspecified atom stereocenters. The van der Waals surface area contributed by atoms with Gasteiger partial charge >= 0.3 is 0 Å². The van der Waals surface area contributed by atoms with Crippen molar-refractivity contribution in [1.82, 2.24) is 14.8 Å². The van der Waals surface area contributed by atoms with Gasteiger partial charge in [-0.1, -0.05) is 24.3 Å². The normalized spacial score (nSPS) is 15.6. The molecule has 0 spiro atoms. The van der Waals surface area contributed by atoms with Crippen molar-refractivity contribution in [3.63, 3.8) is 0 Å². The second-order valence-electron chi connectivity index (χ2n) is 5.63. The van der Waals surface area contributed by atoms with Gasteiger partial charge in [-0.15, -0.1) is 0 Å². The summed E-state index contributed by atoms with van der Waals surface area (Å²) in [4.78, 5) is 16.6. The van der Waals surface area contributed by atoms with Crippen molar-refractivity contribution >= 4 is 11.7 Å². The monoisotopic (exact) mass is 320 g/mol. The lowest BCUT2D eigenvalue weighted by Crippen LogP contribution is -2.31. The van der Waals surface area contributed by atoms with Gasteiger partial charge < -0.3 is 10.1 Å². The number of carbonyl (C=O) groups is 1. The van der Waals surface area contributed by atoms with Gasteiger partial charge in [-0.25, -0.2) is 0 Å². The maximum Gasteiger partial charge on any atom is 0.266 e. The molecule has 1 aromatic carbocycles. The first kappa shape index (κ1) is 14.4. The second kappa shape index (κ2) is 6.16. The van der Waals surface area contributed by atoms with Gasteiger partial charge in [-0.2, -0.15) is 5.10 Å². The fraction of sp³-hybridized carbons (Fsp3) is 0.167. The number of nitrogens with zero attached hydrogens (tertiary/aromatic N) is 3. The smallest absolute Gasteiger partial charge is 0.266 e. The number of anilines is 1. The topological polar surface area (TPSA) is 69.0 Å². The van der Waals surface area contributed by atoms with Gasteiger partial charge in [0.05, 0.1) is 12.2 Å². The lowest BCUT2D eigenvalue weighted by Gasteiger charge is -2.09. The van der Waals surface area contributed by atoms with Crippen molar-refractivity contribution in [2.45, 2.75) is 19.1 Å². The highest BCUT2D eigenvalue weighted by atomic mass is 16.5. The summed E-state index contributed by atoms with van der Waals surface area (Å²) in [6, 6.07) is 15.2. The minimum Gasteiger partial charge on any atom is -0.480 e. The largest absolute Gasteiger partial charge is 0.480 e. The van der Waals surface area contributed by atoms with Crippen LogP contribution in [0.25, 0.3) is 0 Å². The average Bonchev–Trinajstić information content (AvgIpc) is 3.22. The standard InChI is InChI=1S/C18H16N4O2/c23-18(16-11-13-5-1-2-7-15(13)24-16)20-17-8-10-22(21-17)12-14-6-3-4-9-19-14/h1-10,16H,11-12H2,(H,20,21,23)/t16-/m0/s1. The number of hydrogen-bond donors (Lipinski definition) is 1. The van der Waals surface area contributed by atoms with Gasteiger partial charge in [0, 0.05) is 24.9 Å². The molecular weight excluding hydrogens is 304 g/mol. The van der Waals surface area contributed by atoms with Crippen molar-refractivity contribution < 1.29 is 9.53 Å². The minimum atomic E-state index is -0.511. The van der Waals surface area contributed by atoms with E-state index in [9.17, 15) is 4.79 Å². The van der Waals surface area contributed by atoms with Crippen LogP contribution in [0.1, 0.15) is 11.3 Å². The first-order valence-corrected chi connectivity index (χ1v) is 7.77. The van der Waals surface area contributed by atoms with Crippen LogP contribution < -0.4 is 10.1 Å². The molecule has 2 aromatic heterocycles. The number of rotatable bonds is 4. The Kier molecular flexibility index (Phi) is 3.70. The number of ether oxygens (including phenoxy) is 1. The predicted octanol–water partition coefficient (Wildman–Crippen LogP) is 2.27. The molecule has 6 heteroatoms. The maximum atomic E-state index is 12.4. The van der Waals surface area contributed by atoms with Gasteiger partial charge in [-0.05, 0) is 23.8 Å². The molecule has 0 bridgehead atoms. The highest BCUT2D eigenvalue weighted by Gasteiger charge is 2.29. The van der Waals surface area contributed by atoms with Crippen LogP contribution in [0.4, 0.5) is 5.82 Å². The molecule has 1 aliphatic heterocycles. The SMILES string of the molecule is O=C(Nc1ccn(Cc2ccccn2)n1)[C@@H]1Cc2ccccc2O1. The number of para-hydroxylation sites is 1. The van der Waals surface area contributed by atoms with Crippen LogP contribution in [0.5, 0.6) is 5.75 Å². The fourth-order valence-corrected chi connectivity index (χ4v) is 2.71. The van der Waals surface area contributed by atoms with E-state index in [1.807, 2.05) is 48.7 Å². The summed E-state index contributed by atoms with van der Waals surface area (Å²) in [5, 5.41) is 7.16. The van der Waals surface area contributed by atoms with E-state index in [1.54, 1.807) is 16.9 Å². The van der Waals surface area contributed by atoms with E-state index in [1.165, 1.54) is 0 Å². The van der Waals surface area contributed by atoms with Crippen LogP contribution in [0.2, 0.25) is 0 Å². The van der Waals surface area contributed by atoms with Crippen molar-refractivity contribution in [3.05, 3.63) is 72.2 Å². The highest BCUT2D eigenvalue weighted by Crippen LogP contribution is 2.28. The van der Waals surface area contributed by atoms with Crippen molar-refractivity contribution in [3.8, 4) is 5.75 Å². The fourth-order valence-electron chi connectivity index (χ4n) is 2.71. The Hall–Kier alpha value is -3.15. The molecule has 1 amide bonds. The molecule has 120 valence electrons. The number of aromatic nitrogens is 3. The number of pyridine rings is 1. The van der Waals surface area contributed by atoms with Crippen LogP contribution in [-0.2, 0) is 17.8 Å². The molecule has 1 N–H and O–H groups in total. The zero-order valence-corrected chi connectivity index (χ0v) is 12.9. The van der Waals surface area contributed by atoms with Gasteiger partial charge in [0.15, 0.2) is 11.9 Å². The van der Waals surface area contributed by atoms with Crippen molar-refractivity contribution in [2.24, 2.45) is 0 Å². The molecule has 1 aliphatic rings. The molecule has 0 saturated heterocycles. The van der Waals surface area contributed by atoms with Crippen LogP contribution in [0.3, 0.4) is 0 Å². The molecule has 0 saturated carbocycles.